The zero-order valence-electron chi connectivity index (χ0n) is 14.9. The van der Waals surface area contributed by atoms with Gasteiger partial charge in [-0.3, -0.25) is 4.79 Å². The first kappa shape index (κ1) is 18.4. The van der Waals surface area contributed by atoms with Crippen molar-refractivity contribution in [2.24, 2.45) is 11.8 Å². The average Bonchev–Trinajstić information content (AvgIpc) is 2.64. The van der Waals surface area contributed by atoms with Gasteiger partial charge >= 0.3 is 0 Å². The second-order valence-electron chi connectivity index (χ2n) is 6.58. The Kier molecular flexibility index (Phi) is 7.68. The predicted molar refractivity (Wildman–Crippen MR) is 97.9 cm³/mol. The summed E-state index contributed by atoms with van der Waals surface area (Å²) in [6, 6.07) is 7.66. The quantitative estimate of drug-likeness (QED) is 0.797. The summed E-state index contributed by atoms with van der Waals surface area (Å²) in [5.41, 5.74) is 0.852. The summed E-state index contributed by atoms with van der Waals surface area (Å²) < 4.78 is 5.27. The smallest absolute Gasteiger partial charge is 0.223 e. The summed E-state index contributed by atoms with van der Waals surface area (Å²) in [4.78, 5) is 12.2. The highest BCUT2D eigenvalue weighted by Gasteiger charge is 2.25. The van der Waals surface area contributed by atoms with E-state index in [1.165, 1.54) is 32.1 Å². The van der Waals surface area contributed by atoms with E-state index in [9.17, 15) is 4.79 Å². The van der Waals surface area contributed by atoms with Crippen LogP contribution in [0.25, 0.3) is 0 Å². The molecule has 1 aromatic carbocycles. The first-order chi connectivity index (χ1) is 11.7. The van der Waals surface area contributed by atoms with Gasteiger partial charge in [0.2, 0.25) is 5.91 Å². The summed E-state index contributed by atoms with van der Waals surface area (Å²) in [6.45, 7) is 2.64. The van der Waals surface area contributed by atoms with Crippen molar-refractivity contribution < 1.29 is 9.53 Å². The fraction of sp³-hybridized carbons (Fsp3) is 0.571. The maximum atomic E-state index is 12.2. The number of hydrogen-bond donors (Lipinski definition) is 1. The lowest BCUT2D eigenvalue weighted by Gasteiger charge is -2.27. The van der Waals surface area contributed by atoms with Crippen LogP contribution < -0.4 is 10.1 Å². The summed E-state index contributed by atoms with van der Waals surface area (Å²) in [5, 5.41) is 2.96. The molecule has 1 aromatic rings. The van der Waals surface area contributed by atoms with Crippen molar-refractivity contribution >= 4 is 5.91 Å². The number of ether oxygens (including phenoxy) is 1. The number of unbranched alkanes of at least 4 members (excludes halogenated alkanes) is 1. The zero-order chi connectivity index (χ0) is 17.2. The fourth-order valence-electron chi connectivity index (χ4n) is 3.37. The molecule has 1 amide bonds. The average molecular weight is 327 g/mol. The van der Waals surface area contributed by atoms with E-state index in [4.69, 9.17) is 4.74 Å². The van der Waals surface area contributed by atoms with Gasteiger partial charge in [-0.15, -0.1) is 0 Å². The highest BCUT2D eigenvalue weighted by molar-refractivity contribution is 5.79. The maximum absolute atomic E-state index is 12.2. The lowest BCUT2D eigenvalue weighted by atomic mass is 9.79. The van der Waals surface area contributed by atoms with Crippen LogP contribution in [0.5, 0.6) is 5.75 Å². The number of amides is 1. The minimum Gasteiger partial charge on any atom is -0.495 e. The van der Waals surface area contributed by atoms with Crippen LogP contribution in [0, 0.1) is 23.7 Å². The number of carbonyl (C=O) groups excluding carboxylic acids is 1. The molecular weight excluding hydrogens is 298 g/mol. The Hall–Kier alpha value is -1.95. The number of carbonyl (C=O) groups is 1. The molecule has 0 radical (unpaired) electrons. The van der Waals surface area contributed by atoms with E-state index in [2.05, 4.69) is 24.1 Å². The van der Waals surface area contributed by atoms with E-state index in [0.717, 1.165) is 30.1 Å². The number of hydrogen-bond acceptors (Lipinski definition) is 2. The molecule has 130 valence electrons. The molecule has 1 aliphatic carbocycles. The van der Waals surface area contributed by atoms with Crippen LogP contribution in [0.4, 0.5) is 0 Å². The molecule has 0 heterocycles. The van der Waals surface area contributed by atoms with Gasteiger partial charge in [-0.05, 0) is 43.7 Å². The number of nitrogens with one attached hydrogen (secondary N) is 1. The number of methoxy groups -OCH3 is 1. The molecule has 0 unspecified atom stereocenters. The van der Waals surface area contributed by atoms with E-state index in [-0.39, 0.29) is 11.8 Å². The lowest BCUT2D eigenvalue weighted by Crippen LogP contribution is -2.33. The van der Waals surface area contributed by atoms with Crippen molar-refractivity contribution in [3.8, 4) is 17.6 Å². The molecular formula is C21H29NO2. The molecule has 2 rings (SSSR count). The molecule has 0 saturated heterocycles. The summed E-state index contributed by atoms with van der Waals surface area (Å²) in [5.74, 6) is 8.02. The molecule has 24 heavy (non-hydrogen) atoms. The first-order valence-electron chi connectivity index (χ1n) is 9.14. The normalized spacial score (nSPS) is 19.9. The van der Waals surface area contributed by atoms with Crippen molar-refractivity contribution in [2.45, 2.75) is 51.9 Å². The largest absolute Gasteiger partial charge is 0.495 e. The molecule has 3 heteroatoms. The molecule has 0 atom stereocenters. The second-order valence-corrected chi connectivity index (χ2v) is 6.58. The van der Waals surface area contributed by atoms with E-state index in [1.807, 2.05) is 24.3 Å². The van der Waals surface area contributed by atoms with Gasteiger partial charge in [0, 0.05) is 5.92 Å². The molecule has 1 fully saturated rings. The molecule has 0 aliphatic heterocycles. The Morgan fingerprint density at radius 3 is 2.71 bits per heavy atom. The van der Waals surface area contributed by atoms with Crippen LogP contribution >= 0.6 is 0 Å². The van der Waals surface area contributed by atoms with Crippen LogP contribution in [-0.2, 0) is 4.79 Å². The van der Waals surface area contributed by atoms with Crippen molar-refractivity contribution in [2.75, 3.05) is 13.7 Å². The SMILES string of the molecule is CCCCC1CCC(C(=O)NCC#Cc2ccccc2OC)CC1. The van der Waals surface area contributed by atoms with Gasteiger partial charge in [-0.2, -0.15) is 0 Å². The molecule has 1 N–H and O–H groups in total. The van der Waals surface area contributed by atoms with Crippen molar-refractivity contribution in [3.63, 3.8) is 0 Å². The number of benzene rings is 1. The highest BCUT2D eigenvalue weighted by atomic mass is 16.5. The Morgan fingerprint density at radius 1 is 1.25 bits per heavy atom. The van der Waals surface area contributed by atoms with Gasteiger partial charge in [0.1, 0.15) is 5.75 Å². The maximum Gasteiger partial charge on any atom is 0.223 e. The van der Waals surface area contributed by atoms with Gasteiger partial charge in [-0.25, -0.2) is 0 Å². The minimum absolute atomic E-state index is 0.165. The van der Waals surface area contributed by atoms with Gasteiger partial charge in [0.25, 0.3) is 0 Å². The van der Waals surface area contributed by atoms with Crippen LogP contribution in [-0.4, -0.2) is 19.6 Å². The van der Waals surface area contributed by atoms with Crippen molar-refractivity contribution in [1.82, 2.24) is 5.32 Å². The topological polar surface area (TPSA) is 38.3 Å². The molecule has 1 saturated carbocycles. The van der Waals surface area contributed by atoms with E-state index in [0.29, 0.717) is 6.54 Å². The van der Waals surface area contributed by atoms with Crippen molar-refractivity contribution in [3.05, 3.63) is 29.8 Å². The molecule has 1 aliphatic rings. The first-order valence-corrected chi connectivity index (χ1v) is 9.14. The van der Waals surface area contributed by atoms with Gasteiger partial charge < -0.3 is 10.1 Å². The van der Waals surface area contributed by atoms with Gasteiger partial charge in [0.05, 0.1) is 19.2 Å². The van der Waals surface area contributed by atoms with E-state index >= 15 is 0 Å². The summed E-state index contributed by atoms with van der Waals surface area (Å²) in [7, 11) is 1.64. The fourth-order valence-corrected chi connectivity index (χ4v) is 3.37. The Balaban J connectivity index is 1.74. The van der Waals surface area contributed by atoms with Gasteiger partial charge in [0.15, 0.2) is 0 Å². The van der Waals surface area contributed by atoms with Crippen molar-refractivity contribution in [1.29, 1.82) is 0 Å². The van der Waals surface area contributed by atoms with E-state index in [1.54, 1.807) is 7.11 Å². The predicted octanol–water partition coefficient (Wildman–Crippen LogP) is 4.16. The molecule has 0 spiro atoms. The third-order valence-electron chi connectivity index (χ3n) is 4.86. The highest BCUT2D eigenvalue weighted by Crippen LogP contribution is 2.31. The molecule has 3 nitrogen and oxygen atoms in total. The van der Waals surface area contributed by atoms with Gasteiger partial charge in [-0.1, -0.05) is 50.2 Å². The third-order valence-corrected chi connectivity index (χ3v) is 4.86. The minimum atomic E-state index is 0.165. The zero-order valence-corrected chi connectivity index (χ0v) is 14.9. The summed E-state index contributed by atoms with van der Waals surface area (Å²) >= 11 is 0. The third kappa shape index (κ3) is 5.60. The van der Waals surface area contributed by atoms with E-state index < -0.39 is 0 Å². The second kappa shape index (κ2) is 10.0. The van der Waals surface area contributed by atoms with Crippen LogP contribution in [0.2, 0.25) is 0 Å². The number of para-hydroxylation sites is 1. The van der Waals surface area contributed by atoms with Crippen LogP contribution in [0.3, 0.4) is 0 Å². The standard InChI is InChI=1S/C21H29NO2/c1-3-4-8-17-12-14-19(15-13-17)21(23)22-16-7-10-18-9-5-6-11-20(18)24-2/h5-6,9,11,17,19H,3-4,8,12-16H2,1-2H3,(H,22,23). The number of rotatable bonds is 6. The summed E-state index contributed by atoms with van der Waals surface area (Å²) in [6.07, 6.45) is 8.37. The van der Waals surface area contributed by atoms with Crippen LogP contribution in [0.1, 0.15) is 57.4 Å². The molecule has 0 bridgehead atoms. The lowest BCUT2D eigenvalue weighted by molar-refractivity contribution is -0.125. The Labute approximate surface area is 146 Å². The molecule has 0 aromatic heterocycles. The Bertz CT molecular complexity index is 577. The Morgan fingerprint density at radius 2 is 2.00 bits per heavy atom. The van der Waals surface area contributed by atoms with Crippen LogP contribution in [0.15, 0.2) is 24.3 Å². The monoisotopic (exact) mass is 327 g/mol.